The first-order valence-corrected chi connectivity index (χ1v) is 17.6. The Balaban J connectivity index is 1.19. The van der Waals surface area contributed by atoms with Crippen LogP contribution in [-0.4, -0.2) is 85.8 Å². The Labute approximate surface area is 258 Å². The number of hydrogen-bond donors (Lipinski definition) is 0. The lowest BCUT2D eigenvalue weighted by molar-refractivity contribution is -0.184. The second-order valence-corrected chi connectivity index (χ2v) is 16.6. The molecule has 12 atom stereocenters. The third kappa shape index (κ3) is 1.78. The van der Waals surface area contributed by atoms with Crippen LogP contribution in [0.25, 0.3) is 0 Å². The third-order valence-electron chi connectivity index (χ3n) is 16.5. The molecule has 6 nitrogen and oxygen atoms in total. The van der Waals surface area contributed by atoms with Crippen LogP contribution in [0.2, 0.25) is 0 Å². The minimum atomic E-state index is -0.0268. The highest BCUT2D eigenvalue weighted by molar-refractivity contribution is 5.78. The molecule has 6 heteroatoms. The summed E-state index contributed by atoms with van der Waals surface area (Å²) in [5.74, 6) is 1.09. The van der Waals surface area contributed by atoms with E-state index < -0.39 is 0 Å². The molecule has 2 aliphatic carbocycles. The van der Waals surface area contributed by atoms with E-state index in [1.807, 2.05) is 0 Å². The van der Waals surface area contributed by atoms with Gasteiger partial charge in [0.05, 0.1) is 36.1 Å². The zero-order valence-electron chi connectivity index (χ0n) is 25.1. The zero-order valence-corrected chi connectivity index (χ0v) is 25.1. The van der Waals surface area contributed by atoms with Gasteiger partial charge in [0, 0.05) is 47.4 Å². The molecule has 8 fully saturated rings. The summed E-state index contributed by atoms with van der Waals surface area (Å²) in [5, 5.41) is 0. The number of nitrogens with zero attached hydrogens (tertiary/aromatic N) is 4. The number of para-hydroxylation sites is 2. The molecule has 4 spiro atoms. The fourth-order valence-corrected chi connectivity index (χ4v) is 16.2. The van der Waals surface area contributed by atoms with Crippen LogP contribution < -0.4 is 9.80 Å². The quantitative estimate of drug-likeness (QED) is 0.437. The first-order valence-electron chi connectivity index (χ1n) is 17.6. The molecule has 2 aromatic rings. The van der Waals surface area contributed by atoms with Crippen LogP contribution in [0.5, 0.6) is 0 Å². The molecule has 0 amide bonds. The van der Waals surface area contributed by atoms with Crippen LogP contribution >= 0.6 is 0 Å². The van der Waals surface area contributed by atoms with Crippen molar-refractivity contribution in [3.8, 4) is 0 Å². The van der Waals surface area contributed by atoms with Crippen LogP contribution in [0.15, 0.2) is 71.8 Å². The number of rotatable bonds is 0. The van der Waals surface area contributed by atoms with Crippen LogP contribution in [-0.2, 0) is 20.3 Å². The molecule has 10 heterocycles. The van der Waals surface area contributed by atoms with Crippen LogP contribution in [0.3, 0.4) is 0 Å². The Morgan fingerprint density at radius 2 is 1.09 bits per heavy atom. The van der Waals surface area contributed by atoms with Crippen molar-refractivity contribution in [2.75, 3.05) is 49.2 Å². The molecule has 44 heavy (non-hydrogen) atoms. The first kappa shape index (κ1) is 22.8. The van der Waals surface area contributed by atoms with E-state index in [-0.39, 0.29) is 34.1 Å². The van der Waals surface area contributed by atoms with Crippen LogP contribution in [0.1, 0.15) is 36.8 Å². The molecule has 4 bridgehead atoms. The van der Waals surface area contributed by atoms with E-state index in [2.05, 4.69) is 80.3 Å². The molecular weight excluding hydrogens is 544 g/mol. The van der Waals surface area contributed by atoms with Crippen molar-refractivity contribution in [3.63, 3.8) is 0 Å². The molecular formula is C38H38N4O2. The molecule has 14 rings (SSSR count). The van der Waals surface area contributed by atoms with Crippen molar-refractivity contribution >= 4 is 11.4 Å². The summed E-state index contributed by atoms with van der Waals surface area (Å²) >= 11 is 0. The predicted molar refractivity (Wildman–Crippen MR) is 165 cm³/mol. The molecule has 222 valence electrons. The van der Waals surface area contributed by atoms with Crippen molar-refractivity contribution in [1.82, 2.24) is 9.80 Å². The lowest BCUT2D eigenvalue weighted by Crippen LogP contribution is -2.74. The highest BCUT2D eigenvalue weighted by Gasteiger charge is 2.95. The van der Waals surface area contributed by atoms with Gasteiger partial charge in [0.25, 0.3) is 0 Å². The van der Waals surface area contributed by atoms with Crippen molar-refractivity contribution < 1.29 is 9.47 Å². The number of hydrogen-bond acceptors (Lipinski definition) is 6. The molecule has 6 saturated heterocycles. The second-order valence-electron chi connectivity index (χ2n) is 16.6. The van der Waals surface area contributed by atoms with E-state index in [0.717, 1.165) is 26.3 Å². The summed E-state index contributed by atoms with van der Waals surface area (Å²) in [6.45, 7) is 6.21. The Bertz CT molecular complexity index is 1710. The van der Waals surface area contributed by atoms with Gasteiger partial charge >= 0.3 is 0 Å². The van der Waals surface area contributed by atoms with Crippen molar-refractivity contribution in [3.05, 3.63) is 83.0 Å². The van der Waals surface area contributed by atoms with E-state index in [1.54, 1.807) is 22.3 Å². The van der Waals surface area contributed by atoms with E-state index in [0.29, 0.717) is 36.0 Å². The van der Waals surface area contributed by atoms with E-state index >= 15 is 0 Å². The fraction of sp³-hybridized carbons (Fsp3) is 0.579. The molecule has 10 aliphatic heterocycles. The minimum Gasteiger partial charge on any atom is -0.354 e. The highest BCUT2D eigenvalue weighted by Crippen LogP contribution is 2.87. The summed E-state index contributed by atoms with van der Waals surface area (Å²) in [4.78, 5) is 11.7. The van der Waals surface area contributed by atoms with E-state index in [1.165, 1.54) is 50.1 Å². The minimum absolute atomic E-state index is 0.0268. The Morgan fingerprint density at radius 3 is 1.59 bits per heavy atom. The van der Waals surface area contributed by atoms with Gasteiger partial charge in [-0.05, 0) is 73.9 Å². The molecule has 2 saturated carbocycles. The van der Waals surface area contributed by atoms with Crippen LogP contribution in [0, 0.1) is 22.7 Å². The smallest absolute Gasteiger partial charge is 0.139 e. The highest BCUT2D eigenvalue weighted by atomic mass is 16.5. The van der Waals surface area contributed by atoms with Crippen molar-refractivity contribution in [1.29, 1.82) is 0 Å². The standard InChI is InChI=1S/C38H38N4O2/c1-3-7-27-23(5-1)35-11-13-39-19-21-10-16-44-34-37(25(21)17-29(35)39)31(35)41(27)33-38(37)26-18-30-36(12-14-40(30)20-22(26)9-15-43-33)24-6-2-4-8-28(24)42(34)32(36)38/h1-10,25-26,29-34H,11-20H2/t25-,26-,29-,30-,31+,32+,33-,34-,35+,36+,37?,38?/m0/s1. The summed E-state index contributed by atoms with van der Waals surface area (Å²) < 4.78 is 15.1. The fourth-order valence-electron chi connectivity index (χ4n) is 16.2. The number of fused-ring (bicyclic) bond motifs is 6. The molecule has 12 aliphatic rings. The van der Waals surface area contributed by atoms with Crippen molar-refractivity contribution in [2.24, 2.45) is 22.7 Å². The number of ether oxygens (including phenoxy) is 2. The van der Waals surface area contributed by atoms with E-state index in [9.17, 15) is 0 Å². The zero-order chi connectivity index (χ0) is 27.9. The molecule has 0 aromatic heterocycles. The van der Waals surface area contributed by atoms with Gasteiger partial charge in [-0.3, -0.25) is 9.80 Å². The number of piperidine rings is 2. The molecule has 2 aromatic carbocycles. The lowest BCUT2D eigenvalue weighted by Gasteiger charge is -2.67. The van der Waals surface area contributed by atoms with Gasteiger partial charge in [-0.15, -0.1) is 0 Å². The van der Waals surface area contributed by atoms with Gasteiger partial charge in [-0.25, -0.2) is 0 Å². The topological polar surface area (TPSA) is 31.4 Å². The third-order valence-corrected chi connectivity index (χ3v) is 16.5. The number of benzene rings is 2. The summed E-state index contributed by atoms with van der Waals surface area (Å²) in [6, 6.07) is 21.3. The van der Waals surface area contributed by atoms with Gasteiger partial charge in [-0.2, -0.15) is 0 Å². The molecule has 0 radical (unpaired) electrons. The van der Waals surface area contributed by atoms with Gasteiger partial charge in [0.2, 0.25) is 0 Å². The first-order chi connectivity index (χ1) is 21.8. The predicted octanol–water partition coefficient (Wildman–Crippen LogP) is 4.02. The van der Waals surface area contributed by atoms with Crippen molar-refractivity contribution in [2.45, 2.75) is 73.1 Å². The maximum atomic E-state index is 7.54. The normalized spacial score (nSPS) is 53.2. The second kappa shape index (κ2) is 6.60. The average molecular weight is 583 g/mol. The largest absolute Gasteiger partial charge is 0.354 e. The summed E-state index contributed by atoms with van der Waals surface area (Å²) in [5.41, 5.74) is 9.87. The monoisotopic (exact) mass is 582 g/mol. The Kier molecular flexibility index (Phi) is 3.42. The van der Waals surface area contributed by atoms with Gasteiger partial charge in [0.15, 0.2) is 0 Å². The Morgan fingerprint density at radius 1 is 0.614 bits per heavy atom. The maximum Gasteiger partial charge on any atom is 0.139 e. The lowest BCUT2D eigenvalue weighted by atomic mass is 9.36. The van der Waals surface area contributed by atoms with Gasteiger partial charge in [-0.1, -0.05) is 59.7 Å². The maximum absolute atomic E-state index is 7.54. The van der Waals surface area contributed by atoms with Crippen LogP contribution in [0.4, 0.5) is 11.4 Å². The van der Waals surface area contributed by atoms with Gasteiger partial charge < -0.3 is 19.3 Å². The summed E-state index contributed by atoms with van der Waals surface area (Å²) in [7, 11) is 0. The molecule has 2 unspecified atom stereocenters. The average Bonchev–Trinajstić information content (AvgIpc) is 3.82. The number of anilines is 2. The molecule has 0 N–H and O–H groups in total. The summed E-state index contributed by atoms with van der Waals surface area (Å²) in [6.07, 6.45) is 10.4. The Hall–Kier alpha value is -2.64. The van der Waals surface area contributed by atoms with E-state index in [4.69, 9.17) is 9.47 Å². The van der Waals surface area contributed by atoms with Gasteiger partial charge in [0.1, 0.15) is 12.5 Å². The SMILES string of the molecule is C1=C2CN3CC[C@@]45c6ccccc6N6[C@H]7OCC=C8CN9CC[C@@]%10%11c%12ccccc%12N%12[C@@H](OC1)C([C@H]2C[C@H]34)([C@H]65)C7([C@H]8C[C@H]9%10)[C@H]%12%11.